The van der Waals surface area contributed by atoms with Crippen molar-refractivity contribution in [1.29, 1.82) is 0 Å². The van der Waals surface area contributed by atoms with Crippen LogP contribution in [0.1, 0.15) is 10.4 Å². The molecular weight excluding hydrogens is 216 g/mol. The molecule has 0 saturated carbocycles. The van der Waals surface area contributed by atoms with Crippen molar-refractivity contribution in [2.75, 3.05) is 18.5 Å². The second kappa shape index (κ2) is 4.79. The summed E-state index contributed by atoms with van der Waals surface area (Å²) in [5.74, 6) is -0.618. The Morgan fingerprint density at radius 3 is 3.00 bits per heavy atom. The smallest absolute Gasteiger partial charge is 0.337 e. The molecule has 0 bridgehead atoms. The van der Waals surface area contributed by atoms with Crippen LogP contribution in [-0.2, 0) is 0 Å². The average Bonchev–Trinajstić information content (AvgIpc) is 2.17. The van der Waals surface area contributed by atoms with E-state index in [1.165, 1.54) is 12.3 Å². The van der Waals surface area contributed by atoms with E-state index in [1.54, 1.807) is 18.0 Å². The number of hydrogen-bond acceptors (Lipinski definition) is 3. The highest BCUT2D eigenvalue weighted by molar-refractivity contribution is 6.35. The Kier molecular flexibility index (Phi) is 3.68. The molecule has 1 aromatic rings. The number of aromatic nitrogens is 1. The Hall–Kier alpha value is -1.55. The van der Waals surface area contributed by atoms with Crippen molar-refractivity contribution in [3.8, 4) is 0 Å². The van der Waals surface area contributed by atoms with Crippen LogP contribution in [0.4, 0.5) is 5.82 Å². The number of rotatable bonds is 4. The molecule has 0 aliphatic rings. The number of likely N-dealkylation sites (N-methyl/N-ethyl adjacent to an activating group) is 1. The zero-order valence-electron chi connectivity index (χ0n) is 8.27. The minimum atomic E-state index is -1.06. The first-order valence-corrected chi connectivity index (χ1v) is 4.65. The molecule has 80 valence electrons. The number of nitrogens with zero attached hydrogens (tertiary/aromatic N) is 2. The summed E-state index contributed by atoms with van der Waals surface area (Å²) in [6.45, 7) is 4.14. The van der Waals surface area contributed by atoms with Crippen LogP contribution < -0.4 is 4.90 Å². The highest BCUT2D eigenvalue weighted by atomic mass is 35.5. The summed E-state index contributed by atoms with van der Waals surface area (Å²) in [5.41, 5.74) is 0.0533. The molecule has 0 aromatic carbocycles. The number of hydrogen-bond donors (Lipinski definition) is 1. The first kappa shape index (κ1) is 11.5. The third kappa shape index (κ3) is 2.47. The Bertz CT molecular complexity index is 393. The fourth-order valence-electron chi connectivity index (χ4n) is 1.14. The maximum absolute atomic E-state index is 10.8. The number of carbonyl (C=O) groups is 1. The summed E-state index contributed by atoms with van der Waals surface area (Å²) >= 11 is 5.92. The summed E-state index contributed by atoms with van der Waals surface area (Å²) in [6, 6.07) is 1.37. The van der Waals surface area contributed by atoms with E-state index in [0.29, 0.717) is 12.4 Å². The maximum Gasteiger partial charge on any atom is 0.337 e. The molecule has 0 saturated heterocycles. The molecule has 0 unspecified atom stereocenters. The van der Waals surface area contributed by atoms with Crippen molar-refractivity contribution in [2.24, 2.45) is 0 Å². The summed E-state index contributed by atoms with van der Waals surface area (Å²) < 4.78 is 0. The summed E-state index contributed by atoms with van der Waals surface area (Å²) in [6.07, 6.45) is 3.11. The van der Waals surface area contributed by atoms with Crippen LogP contribution in [0.15, 0.2) is 24.9 Å². The van der Waals surface area contributed by atoms with Crippen molar-refractivity contribution in [2.45, 2.75) is 0 Å². The molecule has 0 fully saturated rings. The van der Waals surface area contributed by atoms with Crippen LogP contribution in [0.3, 0.4) is 0 Å². The number of carboxylic acid groups (broad SMARTS) is 1. The van der Waals surface area contributed by atoms with Crippen LogP contribution in [-0.4, -0.2) is 29.7 Å². The Balaban J connectivity index is 3.14. The van der Waals surface area contributed by atoms with Crippen molar-refractivity contribution in [3.63, 3.8) is 0 Å². The average molecular weight is 227 g/mol. The van der Waals surface area contributed by atoms with Gasteiger partial charge in [0.1, 0.15) is 5.82 Å². The van der Waals surface area contributed by atoms with E-state index in [9.17, 15) is 4.79 Å². The van der Waals surface area contributed by atoms with E-state index in [-0.39, 0.29) is 10.6 Å². The molecule has 1 heterocycles. The second-order valence-electron chi connectivity index (χ2n) is 2.97. The van der Waals surface area contributed by atoms with Gasteiger partial charge in [-0.3, -0.25) is 0 Å². The largest absolute Gasteiger partial charge is 0.478 e. The van der Waals surface area contributed by atoms with Gasteiger partial charge < -0.3 is 10.0 Å². The molecule has 1 rings (SSSR count). The molecule has 1 aromatic heterocycles. The minimum Gasteiger partial charge on any atom is -0.478 e. The topological polar surface area (TPSA) is 53.4 Å². The number of anilines is 1. The van der Waals surface area contributed by atoms with Crippen LogP contribution in [0.2, 0.25) is 5.02 Å². The highest BCUT2D eigenvalue weighted by Crippen LogP contribution is 2.25. The third-order valence-electron chi connectivity index (χ3n) is 1.87. The van der Waals surface area contributed by atoms with Crippen molar-refractivity contribution >= 4 is 23.4 Å². The van der Waals surface area contributed by atoms with Gasteiger partial charge in [0.15, 0.2) is 0 Å². The van der Waals surface area contributed by atoms with E-state index in [2.05, 4.69) is 11.6 Å². The van der Waals surface area contributed by atoms with Crippen LogP contribution in [0.25, 0.3) is 0 Å². The first-order chi connectivity index (χ1) is 7.07. The van der Waals surface area contributed by atoms with Gasteiger partial charge in [0, 0.05) is 19.8 Å². The number of pyridine rings is 1. The van der Waals surface area contributed by atoms with Crippen molar-refractivity contribution in [1.82, 2.24) is 4.98 Å². The molecule has 0 aliphatic heterocycles. The van der Waals surface area contributed by atoms with E-state index < -0.39 is 5.97 Å². The van der Waals surface area contributed by atoms with Gasteiger partial charge >= 0.3 is 5.97 Å². The van der Waals surface area contributed by atoms with E-state index >= 15 is 0 Å². The predicted octanol–water partition coefficient (Wildman–Crippen LogP) is 2.06. The monoisotopic (exact) mass is 226 g/mol. The molecule has 0 spiro atoms. The minimum absolute atomic E-state index is 0.0533. The van der Waals surface area contributed by atoms with Crippen molar-refractivity contribution < 1.29 is 9.90 Å². The van der Waals surface area contributed by atoms with E-state index in [4.69, 9.17) is 16.7 Å². The van der Waals surface area contributed by atoms with Crippen LogP contribution >= 0.6 is 11.6 Å². The van der Waals surface area contributed by atoms with Gasteiger partial charge in [-0.1, -0.05) is 17.7 Å². The van der Waals surface area contributed by atoms with E-state index in [0.717, 1.165) is 0 Å². The van der Waals surface area contributed by atoms with Gasteiger partial charge in [0.25, 0.3) is 0 Å². The fraction of sp³-hybridized carbons (Fsp3) is 0.200. The molecule has 0 amide bonds. The Labute approximate surface area is 92.8 Å². The molecule has 0 radical (unpaired) electrons. The van der Waals surface area contributed by atoms with Crippen LogP contribution in [0, 0.1) is 0 Å². The molecule has 15 heavy (non-hydrogen) atoms. The number of carboxylic acids is 1. The number of aromatic carboxylic acids is 1. The Morgan fingerprint density at radius 1 is 1.80 bits per heavy atom. The normalized spacial score (nSPS) is 9.73. The predicted molar refractivity (Wildman–Crippen MR) is 59.7 cm³/mol. The van der Waals surface area contributed by atoms with Gasteiger partial charge in [-0.2, -0.15) is 0 Å². The Morgan fingerprint density at radius 2 is 2.47 bits per heavy atom. The zero-order valence-corrected chi connectivity index (χ0v) is 9.03. The summed E-state index contributed by atoms with van der Waals surface area (Å²) in [5, 5.41) is 9.00. The number of halogens is 1. The van der Waals surface area contributed by atoms with Gasteiger partial charge in [-0.05, 0) is 6.07 Å². The van der Waals surface area contributed by atoms with Gasteiger partial charge in [0.2, 0.25) is 0 Å². The third-order valence-corrected chi connectivity index (χ3v) is 2.24. The highest BCUT2D eigenvalue weighted by Gasteiger charge is 2.15. The van der Waals surface area contributed by atoms with Gasteiger partial charge in [0.05, 0.1) is 10.6 Å². The lowest BCUT2D eigenvalue weighted by molar-refractivity contribution is 0.0697. The molecule has 1 N–H and O–H groups in total. The lowest BCUT2D eigenvalue weighted by atomic mass is 10.2. The summed E-state index contributed by atoms with van der Waals surface area (Å²) in [7, 11) is 1.77. The van der Waals surface area contributed by atoms with Gasteiger partial charge in [-0.25, -0.2) is 9.78 Å². The summed E-state index contributed by atoms with van der Waals surface area (Å²) in [4.78, 5) is 16.6. The maximum atomic E-state index is 10.8. The van der Waals surface area contributed by atoms with E-state index in [1.807, 2.05) is 0 Å². The molecule has 0 atom stereocenters. The SMILES string of the molecule is C=CCN(C)c1nccc(C(=O)O)c1Cl. The lowest BCUT2D eigenvalue weighted by Gasteiger charge is -2.17. The van der Waals surface area contributed by atoms with Gasteiger partial charge in [-0.15, -0.1) is 6.58 Å². The molecule has 5 heteroatoms. The van der Waals surface area contributed by atoms with Crippen molar-refractivity contribution in [3.05, 3.63) is 35.5 Å². The van der Waals surface area contributed by atoms with Crippen LogP contribution in [0.5, 0.6) is 0 Å². The fourth-order valence-corrected chi connectivity index (χ4v) is 1.48. The first-order valence-electron chi connectivity index (χ1n) is 4.27. The molecular formula is C10H11ClN2O2. The molecule has 0 aliphatic carbocycles. The zero-order chi connectivity index (χ0) is 11.4. The molecule has 4 nitrogen and oxygen atoms in total. The quantitative estimate of drug-likeness (QED) is 0.799. The second-order valence-corrected chi connectivity index (χ2v) is 3.35. The lowest BCUT2D eigenvalue weighted by Crippen LogP contribution is -2.19. The standard InChI is InChI=1S/C10H11ClN2O2/c1-3-6-13(2)9-8(11)7(10(14)15)4-5-12-9/h3-5H,1,6H2,2H3,(H,14,15).